The summed E-state index contributed by atoms with van der Waals surface area (Å²) in [5.74, 6) is 0.469. The molecule has 0 nitrogen and oxygen atoms in total. The first-order valence-corrected chi connectivity index (χ1v) is 8.75. The molecule has 0 bridgehead atoms. The molecule has 0 spiro atoms. The second kappa shape index (κ2) is 9.33. The number of fused-ring (bicyclic) bond motifs is 3. The van der Waals surface area contributed by atoms with Gasteiger partial charge in [-0.05, 0) is 59.4 Å². The molecule has 0 aromatic heterocycles. The van der Waals surface area contributed by atoms with Gasteiger partial charge in [0.2, 0.25) is 0 Å². The minimum absolute atomic E-state index is 0. The van der Waals surface area contributed by atoms with Crippen LogP contribution in [0.2, 0.25) is 0 Å². The molecule has 0 unspecified atom stereocenters. The van der Waals surface area contributed by atoms with Gasteiger partial charge < -0.3 is 24.8 Å². The third-order valence-electron chi connectivity index (χ3n) is 4.38. The van der Waals surface area contributed by atoms with Gasteiger partial charge in [-0.25, -0.2) is 0 Å². The molecule has 24 heavy (non-hydrogen) atoms. The molecular formula is C19H14Br2Cl2Zr. The van der Waals surface area contributed by atoms with E-state index in [1.54, 1.807) is 0 Å². The molecule has 4 rings (SSSR count). The second-order valence-electron chi connectivity index (χ2n) is 5.68. The molecule has 0 heterocycles. The Balaban J connectivity index is 0.000000960. The van der Waals surface area contributed by atoms with Crippen LogP contribution >= 0.6 is 31.9 Å². The molecule has 2 aromatic carbocycles. The first-order valence-electron chi connectivity index (χ1n) is 7.16. The van der Waals surface area contributed by atoms with Crippen molar-refractivity contribution in [3.05, 3.63) is 80.3 Å². The summed E-state index contributed by atoms with van der Waals surface area (Å²) in [5.41, 5.74) is 7.20. The number of allylic oxidation sites excluding steroid dienone is 4. The molecule has 122 valence electrons. The molecule has 2 aliphatic carbocycles. The molecule has 2 aromatic rings. The molecule has 0 saturated carbocycles. The third kappa shape index (κ3) is 4.18. The van der Waals surface area contributed by atoms with Crippen LogP contribution in [0.3, 0.4) is 0 Å². The van der Waals surface area contributed by atoms with Gasteiger partial charge in [-0.2, -0.15) is 0 Å². The Morgan fingerprint density at radius 3 is 1.88 bits per heavy atom. The summed E-state index contributed by atoms with van der Waals surface area (Å²) in [7, 11) is 0. The van der Waals surface area contributed by atoms with Crippen LogP contribution < -0.4 is 24.8 Å². The zero-order valence-corrected chi connectivity index (χ0v) is 19.8. The maximum atomic E-state index is 3.63. The van der Waals surface area contributed by atoms with Gasteiger partial charge in [0.1, 0.15) is 0 Å². The van der Waals surface area contributed by atoms with E-state index in [2.05, 4.69) is 86.5 Å². The molecular weight excluding hydrogens is 550 g/mol. The van der Waals surface area contributed by atoms with E-state index in [0.717, 1.165) is 21.8 Å². The van der Waals surface area contributed by atoms with Gasteiger partial charge in [-0.1, -0.05) is 67.8 Å². The van der Waals surface area contributed by atoms with Gasteiger partial charge in [0, 0.05) is 14.9 Å². The Hall–Kier alpha value is 0.343. The molecule has 0 fully saturated rings. The first kappa shape index (κ1) is 22.4. The second-order valence-corrected chi connectivity index (χ2v) is 7.51. The van der Waals surface area contributed by atoms with Crippen molar-refractivity contribution >= 4 is 31.9 Å². The van der Waals surface area contributed by atoms with Gasteiger partial charge in [0.25, 0.3) is 0 Å². The third-order valence-corrected chi connectivity index (χ3v) is 5.37. The fraction of sp³-hybridized carbons (Fsp3) is 0.158. The van der Waals surface area contributed by atoms with Gasteiger partial charge in [-0.3, -0.25) is 0 Å². The zero-order valence-electron chi connectivity index (χ0n) is 12.7. The summed E-state index contributed by atoms with van der Waals surface area (Å²) in [6, 6.07) is 13.3. The van der Waals surface area contributed by atoms with E-state index in [-0.39, 0.29) is 51.0 Å². The Kier molecular flexibility index (Phi) is 8.70. The largest absolute Gasteiger partial charge is 2.00 e. The minimum Gasteiger partial charge on any atom is -1.00 e. The summed E-state index contributed by atoms with van der Waals surface area (Å²) in [6.45, 7) is 0. The summed E-state index contributed by atoms with van der Waals surface area (Å²) >= 11 is 7.26. The van der Waals surface area contributed by atoms with Crippen molar-refractivity contribution in [1.29, 1.82) is 0 Å². The van der Waals surface area contributed by atoms with Crippen LogP contribution in [0.15, 0.2) is 69.1 Å². The summed E-state index contributed by atoms with van der Waals surface area (Å²) in [4.78, 5) is 0. The van der Waals surface area contributed by atoms with E-state index in [1.807, 2.05) is 0 Å². The van der Waals surface area contributed by atoms with E-state index in [4.69, 9.17) is 0 Å². The number of hydrogen-bond donors (Lipinski definition) is 0. The van der Waals surface area contributed by atoms with Crippen molar-refractivity contribution in [3.63, 3.8) is 0 Å². The van der Waals surface area contributed by atoms with Crippen molar-refractivity contribution in [2.75, 3.05) is 0 Å². The number of benzene rings is 2. The fourth-order valence-corrected chi connectivity index (χ4v) is 4.18. The molecule has 0 atom stereocenters. The van der Waals surface area contributed by atoms with E-state index in [9.17, 15) is 0 Å². The number of hydrogen-bond acceptors (Lipinski definition) is 0. The molecule has 0 radical (unpaired) electrons. The maximum absolute atomic E-state index is 3.63. The van der Waals surface area contributed by atoms with Crippen molar-refractivity contribution in [2.45, 2.75) is 18.8 Å². The van der Waals surface area contributed by atoms with E-state index in [1.165, 1.54) is 27.8 Å². The van der Waals surface area contributed by atoms with Gasteiger partial charge in [-0.15, -0.1) is 0 Å². The molecule has 0 aliphatic heterocycles. The monoisotopic (exact) mass is 560 g/mol. The quantitative estimate of drug-likeness (QED) is 0.502. The molecule has 2 aliphatic rings. The van der Waals surface area contributed by atoms with E-state index in [0.29, 0.717) is 5.92 Å². The van der Waals surface area contributed by atoms with Crippen molar-refractivity contribution in [1.82, 2.24) is 0 Å². The maximum Gasteiger partial charge on any atom is 2.00 e. The average molecular weight is 564 g/mol. The predicted octanol–water partition coefficient (Wildman–Crippen LogP) is 0.606. The van der Waals surface area contributed by atoms with Crippen molar-refractivity contribution in [2.24, 2.45) is 0 Å². The summed E-state index contributed by atoms with van der Waals surface area (Å²) in [5, 5.41) is 0. The van der Waals surface area contributed by atoms with Crippen LogP contribution in [0.5, 0.6) is 0 Å². The number of rotatable bonds is 2. The SMILES string of the molecule is Brc1ccc2c(c1)C(CC1=CC=CC1)c1cc(Br)ccc1-2.[Cl-].[Cl-].[Zr+2]. The van der Waals surface area contributed by atoms with Gasteiger partial charge in [0.15, 0.2) is 0 Å². The van der Waals surface area contributed by atoms with Crippen molar-refractivity contribution < 1.29 is 51.0 Å². The van der Waals surface area contributed by atoms with Crippen LogP contribution in [-0.2, 0) is 26.2 Å². The molecule has 5 heteroatoms. The Bertz CT molecular complexity index is 748. The fourth-order valence-electron chi connectivity index (χ4n) is 3.43. The summed E-state index contributed by atoms with van der Waals surface area (Å²) < 4.78 is 2.33. The average Bonchev–Trinajstić information content (AvgIpc) is 3.07. The normalized spacial score (nSPS) is 14.0. The Morgan fingerprint density at radius 1 is 0.875 bits per heavy atom. The topological polar surface area (TPSA) is 0 Å². The smallest absolute Gasteiger partial charge is 1.00 e. The number of halogens is 4. The molecule has 0 N–H and O–H groups in total. The molecule has 0 amide bonds. The Morgan fingerprint density at radius 2 is 1.42 bits per heavy atom. The standard InChI is InChI=1S/C19H14Br2.2ClH.Zr/c20-13-5-7-15-16-8-6-14(21)11-19(16)17(18(15)10-13)9-12-3-1-2-4-12;;;/h1-3,5-8,10-11,17H,4,9H2;2*1H;/q;;;+2/p-2. The first-order chi connectivity index (χ1) is 10.2. The van der Waals surface area contributed by atoms with Crippen LogP contribution in [0.4, 0.5) is 0 Å². The Labute approximate surface area is 191 Å². The van der Waals surface area contributed by atoms with Crippen LogP contribution in [0.25, 0.3) is 11.1 Å². The zero-order chi connectivity index (χ0) is 14.4. The van der Waals surface area contributed by atoms with Gasteiger partial charge in [0.05, 0.1) is 0 Å². The van der Waals surface area contributed by atoms with Crippen molar-refractivity contribution in [3.8, 4) is 11.1 Å². The van der Waals surface area contributed by atoms with Crippen LogP contribution in [0.1, 0.15) is 29.9 Å². The van der Waals surface area contributed by atoms with Gasteiger partial charge >= 0.3 is 26.2 Å². The van der Waals surface area contributed by atoms with E-state index < -0.39 is 0 Å². The van der Waals surface area contributed by atoms with Crippen LogP contribution in [-0.4, -0.2) is 0 Å². The predicted molar refractivity (Wildman–Crippen MR) is 95.6 cm³/mol. The van der Waals surface area contributed by atoms with Crippen LogP contribution in [0, 0.1) is 0 Å². The van der Waals surface area contributed by atoms with E-state index >= 15 is 0 Å². The molecule has 0 saturated heterocycles. The minimum atomic E-state index is 0. The summed E-state index contributed by atoms with van der Waals surface area (Å²) in [6.07, 6.45) is 8.90.